The normalized spacial score (nSPS) is 19.0. The Morgan fingerprint density at radius 3 is 2.31 bits per heavy atom. The summed E-state index contributed by atoms with van der Waals surface area (Å²) in [7, 11) is -3.46. The average Bonchev–Trinajstić information content (AvgIpc) is 2.80. The van der Waals surface area contributed by atoms with Crippen LogP contribution in [0.2, 0.25) is 5.02 Å². The van der Waals surface area contributed by atoms with Gasteiger partial charge in [-0.05, 0) is 80.7 Å². The molecule has 8 heteroatoms. The van der Waals surface area contributed by atoms with E-state index >= 15 is 0 Å². The summed E-state index contributed by atoms with van der Waals surface area (Å²) < 4.78 is 27.1. The lowest BCUT2D eigenvalue weighted by molar-refractivity contribution is -0.121. The van der Waals surface area contributed by atoms with Crippen LogP contribution in [0.1, 0.15) is 37.7 Å². The zero-order valence-electron chi connectivity index (χ0n) is 18.2. The molecule has 0 bridgehead atoms. The second-order valence-corrected chi connectivity index (χ2v) is 11.0. The maximum Gasteiger partial charge on any atom is 0.243 e. The van der Waals surface area contributed by atoms with Gasteiger partial charge in [-0.15, -0.1) is 0 Å². The molecule has 0 saturated carbocycles. The van der Waals surface area contributed by atoms with Gasteiger partial charge >= 0.3 is 0 Å². The Balaban J connectivity index is 1.29. The molecule has 2 aliphatic rings. The Kier molecular flexibility index (Phi) is 7.51. The van der Waals surface area contributed by atoms with E-state index in [9.17, 15) is 13.2 Å². The van der Waals surface area contributed by atoms with E-state index in [1.807, 2.05) is 18.2 Å². The Morgan fingerprint density at radius 1 is 0.969 bits per heavy atom. The number of anilines is 1. The summed E-state index contributed by atoms with van der Waals surface area (Å²) in [5, 5.41) is 3.70. The fourth-order valence-electron chi connectivity index (χ4n) is 4.46. The summed E-state index contributed by atoms with van der Waals surface area (Å²) in [6.07, 6.45) is 4.49. The molecule has 0 aromatic heterocycles. The number of hydrogen-bond donors (Lipinski definition) is 1. The fraction of sp³-hybridized carbons (Fsp3) is 0.458. The van der Waals surface area contributed by atoms with Crippen molar-refractivity contribution in [1.82, 2.24) is 9.21 Å². The zero-order valence-corrected chi connectivity index (χ0v) is 19.7. The number of piperidine rings is 2. The van der Waals surface area contributed by atoms with Crippen molar-refractivity contribution in [2.24, 2.45) is 5.92 Å². The van der Waals surface area contributed by atoms with Crippen LogP contribution in [0.15, 0.2) is 53.4 Å². The van der Waals surface area contributed by atoms with Crippen LogP contribution >= 0.6 is 11.6 Å². The van der Waals surface area contributed by atoms with E-state index < -0.39 is 10.0 Å². The number of carbonyl (C=O) groups excluding carboxylic acids is 1. The second kappa shape index (κ2) is 10.3. The van der Waals surface area contributed by atoms with Crippen LogP contribution in [-0.2, 0) is 21.4 Å². The summed E-state index contributed by atoms with van der Waals surface area (Å²) in [5.74, 6) is -0.0404. The van der Waals surface area contributed by atoms with Crippen molar-refractivity contribution in [3.05, 3.63) is 59.1 Å². The molecule has 32 heavy (non-hydrogen) atoms. The first kappa shape index (κ1) is 23.2. The van der Waals surface area contributed by atoms with Gasteiger partial charge in [0.2, 0.25) is 15.9 Å². The molecule has 2 aromatic carbocycles. The lowest BCUT2D eigenvalue weighted by Gasteiger charge is -2.31. The van der Waals surface area contributed by atoms with Crippen LogP contribution in [-0.4, -0.2) is 49.7 Å². The van der Waals surface area contributed by atoms with E-state index in [1.54, 1.807) is 28.6 Å². The first-order chi connectivity index (χ1) is 15.4. The molecule has 2 aromatic rings. The van der Waals surface area contributed by atoms with E-state index in [1.165, 1.54) is 5.56 Å². The predicted octanol–water partition coefficient (Wildman–Crippen LogP) is 4.37. The van der Waals surface area contributed by atoms with Gasteiger partial charge in [-0.2, -0.15) is 4.31 Å². The number of nitrogens with one attached hydrogen (secondary N) is 1. The highest BCUT2D eigenvalue weighted by molar-refractivity contribution is 7.89. The molecular formula is C24H30ClN3O3S. The number of hydrogen-bond acceptors (Lipinski definition) is 4. The number of carbonyl (C=O) groups is 1. The zero-order chi connectivity index (χ0) is 22.6. The molecule has 2 fully saturated rings. The number of nitrogens with zero attached hydrogens (tertiary/aromatic N) is 2. The maximum absolute atomic E-state index is 12.8. The second-order valence-electron chi connectivity index (χ2n) is 8.66. The van der Waals surface area contributed by atoms with Gasteiger partial charge in [0.15, 0.2) is 0 Å². The standard InChI is InChI=1S/C24H30ClN3O3S/c25-21-6-4-5-19(17-21)18-27-15-11-20(12-16-27)24(29)26-22-7-9-23(10-8-22)32(30,31)28-13-2-1-3-14-28/h4-10,17,20H,1-3,11-16,18H2,(H,26,29). The summed E-state index contributed by atoms with van der Waals surface area (Å²) in [5.41, 5.74) is 1.81. The van der Waals surface area contributed by atoms with Crippen LogP contribution in [0.5, 0.6) is 0 Å². The monoisotopic (exact) mass is 475 g/mol. The van der Waals surface area contributed by atoms with Gasteiger partial charge in [-0.1, -0.05) is 30.2 Å². The van der Waals surface area contributed by atoms with Crippen LogP contribution < -0.4 is 5.32 Å². The number of halogens is 1. The molecule has 0 radical (unpaired) electrons. The molecule has 1 N–H and O–H groups in total. The van der Waals surface area contributed by atoms with Crippen molar-refractivity contribution in [2.45, 2.75) is 43.5 Å². The van der Waals surface area contributed by atoms with Crippen molar-refractivity contribution in [1.29, 1.82) is 0 Å². The van der Waals surface area contributed by atoms with E-state index in [0.29, 0.717) is 18.8 Å². The van der Waals surface area contributed by atoms with E-state index in [2.05, 4.69) is 16.3 Å². The third-order valence-electron chi connectivity index (χ3n) is 6.33. The maximum atomic E-state index is 12.8. The molecule has 4 rings (SSSR count). The first-order valence-electron chi connectivity index (χ1n) is 11.3. The highest BCUT2D eigenvalue weighted by Gasteiger charge is 2.27. The number of sulfonamides is 1. The highest BCUT2D eigenvalue weighted by atomic mass is 35.5. The minimum Gasteiger partial charge on any atom is -0.326 e. The van der Waals surface area contributed by atoms with Crippen molar-refractivity contribution in [3.63, 3.8) is 0 Å². The average molecular weight is 476 g/mol. The largest absolute Gasteiger partial charge is 0.326 e. The highest BCUT2D eigenvalue weighted by Crippen LogP contribution is 2.24. The summed E-state index contributed by atoms with van der Waals surface area (Å²) in [6.45, 7) is 3.71. The number of benzene rings is 2. The molecule has 2 saturated heterocycles. The van der Waals surface area contributed by atoms with Gasteiger partial charge in [0, 0.05) is 36.3 Å². The third kappa shape index (κ3) is 5.70. The number of rotatable bonds is 6. The smallest absolute Gasteiger partial charge is 0.243 e. The molecule has 6 nitrogen and oxygen atoms in total. The van der Waals surface area contributed by atoms with Crippen molar-refractivity contribution < 1.29 is 13.2 Å². The molecule has 0 atom stereocenters. The molecule has 0 spiro atoms. The van der Waals surface area contributed by atoms with Gasteiger partial charge in [0.25, 0.3) is 0 Å². The van der Waals surface area contributed by atoms with Crippen molar-refractivity contribution >= 4 is 33.2 Å². The van der Waals surface area contributed by atoms with Gasteiger partial charge in [-0.25, -0.2) is 8.42 Å². The van der Waals surface area contributed by atoms with E-state index in [4.69, 9.17) is 11.6 Å². The summed E-state index contributed by atoms with van der Waals surface area (Å²) >= 11 is 6.07. The topological polar surface area (TPSA) is 69.7 Å². The van der Waals surface area contributed by atoms with Crippen LogP contribution in [0.25, 0.3) is 0 Å². The molecule has 172 valence electrons. The SMILES string of the molecule is O=C(Nc1ccc(S(=O)(=O)N2CCCCC2)cc1)C1CCN(Cc2cccc(Cl)c2)CC1. The van der Waals surface area contributed by atoms with Crippen molar-refractivity contribution in [3.8, 4) is 0 Å². The molecule has 0 aliphatic carbocycles. The third-order valence-corrected chi connectivity index (χ3v) is 8.48. The minimum atomic E-state index is -3.46. The lowest BCUT2D eigenvalue weighted by atomic mass is 9.95. The predicted molar refractivity (Wildman–Crippen MR) is 127 cm³/mol. The van der Waals surface area contributed by atoms with Crippen LogP contribution in [0.3, 0.4) is 0 Å². The summed E-state index contributed by atoms with van der Waals surface area (Å²) in [6, 6.07) is 14.4. The molecule has 2 heterocycles. The number of likely N-dealkylation sites (tertiary alicyclic amines) is 1. The Bertz CT molecular complexity index is 1030. The van der Waals surface area contributed by atoms with Crippen LogP contribution in [0, 0.1) is 5.92 Å². The number of amides is 1. The van der Waals surface area contributed by atoms with Gasteiger partial charge < -0.3 is 5.32 Å². The lowest BCUT2D eigenvalue weighted by Crippen LogP contribution is -2.37. The van der Waals surface area contributed by atoms with Gasteiger partial charge in [0.05, 0.1) is 4.90 Å². The van der Waals surface area contributed by atoms with Gasteiger partial charge in [-0.3, -0.25) is 9.69 Å². The molecule has 1 amide bonds. The van der Waals surface area contributed by atoms with E-state index in [0.717, 1.165) is 56.8 Å². The quantitative estimate of drug-likeness (QED) is 0.673. The Hall–Kier alpha value is -1.93. The van der Waals surface area contributed by atoms with Crippen molar-refractivity contribution in [2.75, 3.05) is 31.5 Å². The fourth-order valence-corrected chi connectivity index (χ4v) is 6.19. The molecule has 0 unspecified atom stereocenters. The van der Waals surface area contributed by atoms with Gasteiger partial charge in [0.1, 0.15) is 0 Å². The first-order valence-corrected chi connectivity index (χ1v) is 13.1. The molecule has 2 aliphatic heterocycles. The Labute approximate surface area is 195 Å². The summed E-state index contributed by atoms with van der Waals surface area (Å²) in [4.78, 5) is 15.4. The molecular weight excluding hydrogens is 446 g/mol. The van der Waals surface area contributed by atoms with E-state index in [-0.39, 0.29) is 16.7 Å². The van der Waals surface area contributed by atoms with Crippen LogP contribution in [0.4, 0.5) is 5.69 Å². The Morgan fingerprint density at radius 2 is 1.66 bits per heavy atom. The minimum absolute atomic E-state index is 0.000886.